The number of H-pyrrole nitrogens is 2. The molecule has 0 bridgehead atoms. The van der Waals surface area contributed by atoms with E-state index in [1.165, 1.54) is 0 Å². The minimum atomic E-state index is -1.87. The molecule has 32 heavy (non-hydrogen) atoms. The lowest BCUT2D eigenvalue weighted by atomic mass is 10.0. The molecule has 0 aliphatic rings. The highest BCUT2D eigenvalue weighted by molar-refractivity contribution is 6.49. The number of pyridine rings is 2. The van der Waals surface area contributed by atoms with Gasteiger partial charge in [0.25, 0.3) is 0 Å². The van der Waals surface area contributed by atoms with Gasteiger partial charge in [0.1, 0.15) is 5.88 Å². The van der Waals surface area contributed by atoms with Crippen molar-refractivity contribution in [3.8, 4) is 0 Å². The summed E-state index contributed by atoms with van der Waals surface area (Å²) in [5.74, 6) is -0.917. The highest BCUT2D eigenvalue weighted by Gasteiger charge is 2.31. The van der Waals surface area contributed by atoms with Gasteiger partial charge >= 0.3 is 0 Å². The Morgan fingerprint density at radius 1 is 0.812 bits per heavy atom. The normalized spacial score (nSPS) is 12.1. The van der Waals surface area contributed by atoms with Crippen molar-refractivity contribution in [3.63, 3.8) is 0 Å². The number of alkyl halides is 3. The van der Waals surface area contributed by atoms with E-state index in [9.17, 15) is 14.4 Å². The zero-order valence-corrected chi connectivity index (χ0v) is 18.5. The summed E-state index contributed by atoms with van der Waals surface area (Å²) in [5, 5.41) is 4.00. The summed E-state index contributed by atoms with van der Waals surface area (Å²) in [4.78, 5) is 44.7. The molecule has 5 aromatic rings. The topological polar surface area (TPSA) is 94.8 Å². The molecule has 0 saturated carbocycles. The van der Waals surface area contributed by atoms with Crippen molar-refractivity contribution in [2.75, 3.05) is 5.88 Å². The number of amides is 1. The molecule has 0 spiro atoms. The summed E-state index contributed by atoms with van der Waals surface area (Å²) in [6.45, 7) is 0. The van der Waals surface area contributed by atoms with Crippen molar-refractivity contribution in [1.29, 1.82) is 0 Å². The van der Waals surface area contributed by atoms with E-state index in [1.54, 1.807) is 48.5 Å². The van der Waals surface area contributed by atoms with Crippen molar-refractivity contribution in [1.82, 2.24) is 15.3 Å². The third kappa shape index (κ3) is 3.23. The second kappa shape index (κ2) is 7.52. The minimum Gasteiger partial charge on any atom is -0.354 e. The number of rotatable bonds is 3. The van der Waals surface area contributed by atoms with Gasteiger partial charge in [-0.2, -0.15) is 0 Å². The number of hydrogen-bond donors (Lipinski definition) is 3. The van der Waals surface area contributed by atoms with Gasteiger partial charge in [0.15, 0.2) is 10.9 Å². The van der Waals surface area contributed by atoms with Crippen LogP contribution in [0.15, 0.2) is 64.2 Å². The van der Waals surface area contributed by atoms with Crippen molar-refractivity contribution < 1.29 is 4.79 Å². The summed E-state index contributed by atoms with van der Waals surface area (Å²) >= 11 is 18.3. The van der Waals surface area contributed by atoms with E-state index >= 15 is 0 Å². The SMILES string of the molecule is O=C(CCl)NC(Cl)(Cl)c1cccc2[nH]c3cc4c(=O)c5ccccc5[nH]c4cc3c(=O)c12. The maximum absolute atomic E-state index is 13.5. The molecular weight excluding hydrogens is 473 g/mol. The van der Waals surface area contributed by atoms with E-state index in [1.807, 2.05) is 6.07 Å². The van der Waals surface area contributed by atoms with Crippen LogP contribution < -0.4 is 16.2 Å². The number of hydrogen-bond acceptors (Lipinski definition) is 3. The standard InChI is InChI=1S/C23H14Cl3N3O3/c24-10-19(30)29-23(25,26)14-5-3-7-16-20(14)22(32)13-9-17-12(8-18(13)28-16)21(31)11-4-1-2-6-15(11)27-17/h1-9H,10H2,(H,27,31)(H,28,32)(H,29,30). The lowest BCUT2D eigenvalue weighted by Crippen LogP contribution is -2.38. The monoisotopic (exact) mass is 485 g/mol. The molecule has 0 fully saturated rings. The first-order valence-corrected chi connectivity index (χ1v) is 10.9. The Kier molecular flexibility index (Phi) is 4.89. The van der Waals surface area contributed by atoms with Crippen LogP contribution in [0.4, 0.5) is 0 Å². The van der Waals surface area contributed by atoms with Crippen LogP contribution in [0.25, 0.3) is 43.6 Å². The quantitative estimate of drug-likeness (QED) is 0.197. The number of nitrogens with one attached hydrogen (secondary N) is 3. The molecule has 5 rings (SSSR count). The first-order chi connectivity index (χ1) is 15.3. The molecule has 2 aromatic heterocycles. The van der Waals surface area contributed by atoms with Crippen LogP contribution in [0.1, 0.15) is 5.56 Å². The van der Waals surface area contributed by atoms with Crippen molar-refractivity contribution in [2.45, 2.75) is 4.46 Å². The van der Waals surface area contributed by atoms with Crippen LogP contribution in [0.2, 0.25) is 0 Å². The van der Waals surface area contributed by atoms with Crippen LogP contribution in [0, 0.1) is 0 Å². The Morgan fingerprint density at radius 2 is 1.44 bits per heavy atom. The fourth-order valence-corrected chi connectivity index (χ4v) is 4.57. The lowest BCUT2D eigenvalue weighted by Gasteiger charge is -2.22. The number of halogens is 3. The third-order valence-corrected chi connectivity index (χ3v) is 6.24. The summed E-state index contributed by atoms with van der Waals surface area (Å²) in [6.07, 6.45) is 0. The van der Waals surface area contributed by atoms with Crippen LogP contribution in [0.3, 0.4) is 0 Å². The van der Waals surface area contributed by atoms with Crippen molar-refractivity contribution >= 4 is 84.3 Å². The van der Waals surface area contributed by atoms with Gasteiger partial charge in [0.05, 0.1) is 21.9 Å². The van der Waals surface area contributed by atoms with Crippen LogP contribution in [0.5, 0.6) is 0 Å². The van der Waals surface area contributed by atoms with Gasteiger partial charge in [-0.15, -0.1) is 11.6 Å². The fourth-order valence-electron chi connectivity index (χ4n) is 3.98. The van der Waals surface area contributed by atoms with E-state index in [0.29, 0.717) is 38.2 Å². The average molecular weight is 487 g/mol. The number of aromatic amines is 2. The predicted molar refractivity (Wildman–Crippen MR) is 130 cm³/mol. The highest BCUT2D eigenvalue weighted by atomic mass is 35.5. The van der Waals surface area contributed by atoms with Gasteiger partial charge in [-0.25, -0.2) is 0 Å². The largest absolute Gasteiger partial charge is 0.354 e. The first kappa shape index (κ1) is 20.8. The molecule has 0 aliphatic heterocycles. The zero-order valence-electron chi connectivity index (χ0n) is 16.3. The molecule has 0 atom stereocenters. The third-order valence-electron chi connectivity index (χ3n) is 5.40. The molecule has 9 heteroatoms. The first-order valence-electron chi connectivity index (χ1n) is 9.59. The molecule has 0 aliphatic carbocycles. The van der Waals surface area contributed by atoms with Gasteiger partial charge in [-0.1, -0.05) is 47.5 Å². The smallest absolute Gasteiger partial charge is 0.237 e. The molecule has 2 heterocycles. The number of aromatic nitrogens is 2. The van der Waals surface area contributed by atoms with Crippen molar-refractivity contribution in [2.24, 2.45) is 0 Å². The maximum Gasteiger partial charge on any atom is 0.237 e. The summed E-state index contributed by atoms with van der Waals surface area (Å²) in [7, 11) is 0. The Bertz CT molecular complexity index is 1690. The van der Waals surface area contributed by atoms with Crippen LogP contribution in [-0.2, 0) is 9.25 Å². The van der Waals surface area contributed by atoms with Crippen LogP contribution in [-0.4, -0.2) is 21.8 Å². The van der Waals surface area contributed by atoms with Crippen molar-refractivity contribution in [3.05, 3.63) is 80.6 Å². The Labute approximate surface area is 195 Å². The Hall–Kier alpha value is -3.06. The Morgan fingerprint density at radius 3 is 2.16 bits per heavy atom. The minimum absolute atomic E-state index is 0.129. The molecule has 3 N–H and O–H groups in total. The number of para-hydroxylation sites is 1. The molecule has 160 valence electrons. The van der Waals surface area contributed by atoms with Gasteiger partial charge in [-0.3, -0.25) is 14.4 Å². The van der Waals surface area contributed by atoms with Crippen LogP contribution >= 0.6 is 34.8 Å². The van der Waals surface area contributed by atoms with Gasteiger partial charge in [0.2, 0.25) is 10.4 Å². The fraction of sp³-hybridized carbons (Fsp3) is 0.0870. The highest BCUT2D eigenvalue weighted by Crippen LogP contribution is 2.35. The van der Waals surface area contributed by atoms with Gasteiger partial charge in [-0.05, 0) is 30.3 Å². The maximum atomic E-state index is 13.5. The van der Waals surface area contributed by atoms with E-state index in [0.717, 1.165) is 0 Å². The second-order valence-corrected chi connectivity index (χ2v) is 8.98. The summed E-state index contributed by atoms with van der Waals surface area (Å²) in [5.41, 5.74) is 1.90. The Balaban J connectivity index is 1.86. The lowest BCUT2D eigenvalue weighted by molar-refractivity contribution is -0.119. The van der Waals surface area contributed by atoms with Gasteiger partial charge in [0, 0.05) is 27.2 Å². The van der Waals surface area contributed by atoms with E-state index < -0.39 is 10.4 Å². The molecule has 3 aromatic carbocycles. The van der Waals surface area contributed by atoms with Gasteiger partial charge < -0.3 is 15.3 Å². The summed E-state index contributed by atoms with van der Waals surface area (Å²) < 4.78 is -1.87. The molecule has 0 unspecified atom stereocenters. The molecule has 1 amide bonds. The van der Waals surface area contributed by atoms with E-state index in [4.69, 9.17) is 34.8 Å². The number of fused-ring (bicyclic) bond motifs is 4. The number of carbonyl (C=O) groups excluding carboxylic acids is 1. The molecule has 0 radical (unpaired) electrons. The number of carbonyl (C=O) groups is 1. The predicted octanol–water partition coefficient (Wildman–Crippen LogP) is 4.62. The zero-order chi connectivity index (χ0) is 22.6. The molecule has 0 saturated heterocycles. The summed E-state index contributed by atoms with van der Waals surface area (Å²) in [6, 6.07) is 15.4. The second-order valence-electron chi connectivity index (χ2n) is 7.38. The van der Waals surface area contributed by atoms with E-state index in [-0.39, 0.29) is 27.7 Å². The molecule has 6 nitrogen and oxygen atoms in total. The average Bonchev–Trinajstić information content (AvgIpc) is 2.78. The molecular formula is C23H14Cl3N3O3. The van der Waals surface area contributed by atoms with E-state index in [2.05, 4.69) is 15.3 Å². The number of benzene rings is 3.